The fourth-order valence-electron chi connectivity index (χ4n) is 4.64. The molecule has 148 valence electrons. The summed E-state index contributed by atoms with van der Waals surface area (Å²) in [5, 5.41) is 7.74. The van der Waals surface area contributed by atoms with Crippen LogP contribution in [0.15, 0.2) is 97.1 Å². The molecule has 6 aromatic rings. The molecule has 0 radical (unpaired) electrons. The van der Waals surface area contributed by atoms with Gasteiger partial charge in [0.25, 0.3) is 0 Å². The molecule has 0 unspecified atom stereocenters. The third-order valence-corrected chi connectivity index (χ3v) is 6.24. The molecule has 0 aliphatic rings. The molecule has 0 amide bonds. The molecule has 0 heterocycles. The number of hydrogen-bond donors (Lipinski definition) is 1. The van der Waals surface area contributed by atoms with Gasteiger partial charge in [0.2, 0.25) is 0 Å². The molecule has 0 aliphatic carbocycles. The smallest absolute Gasteiger partial charge is 0.146 e. The maximum absolute atomic E-state index is 5.26. The van der Waals surface area contributed by atoms with Crippen molar-refractivity contribution < 1.29 is 4.84 Å². The van der Waals surface area contributed by atoms with Crippen molar-refractivity contribution in [2.45, 2.75) is 6.92 Å². The van der Waals surface area contributed by atoms with Gasteiger partial charge in [-0.2, -0.15) is 5.90 Å². The minimum Gasteiger partial charge on any atom is -0.412 e. The lowest BCUT2D eigenvalue weighted by molar-refractivity contribution is 0.334. The topological polar surface area (TPSA) is 35.2 Å². The van der Waals surface area contributed by atoms with Gasteiger partial charge in [0.1, 0.15) is 5.75 Å². The monoisotopic (exact) mass is 399 g/mol. The summed E-state index contributed by atoms with van der Waals surface area (Å²) in [5.41, 5.74) is 6.13. The van der Waals surface area contributed by atoms with Crippen molar-refractivity contribution >= 4 is 32.3 Å². The van der Waals surface area contributed by atoms with E-state index in [9.17, 15) is 0 Å². The Morgan fingerprint density at radius 1 is 0.484 bits per heavy atom. The SMILES string of the molecule is Cc1ccc(-c2cc3ccc4cc(-c5ccc(ON)cc5)cc5ccc(c2)c3c45)cc1. The van der Waals surface area contributed by atoms with Gasteiger partial charge in [-0.05, 0) is 97.9 Å². The third-order valence-electron chi connectivity index (χ3n) is 6.24. The molecular formula is C29H21NO. The number of hydrogen-bond acceptors (Lipinski definition) is 2. The number of rotatable bonds is 3. The number of nitrogens with two attached hydrogens (primary N) is 1. The second kappa shape index (κ2) is 6.83. The van der Waals surface area contributed by atoms with E-state index in [1.54, 1.807) is 0 Å². The summed E-state index contributed by atoms with van der Waals surface area (Å²) < 4.78 is 0. The molecule has 31 heavy (non-hydrogen) atoms. The summed E-state index contributed by atoms with van der Waals surface area (Å²) in [4.78, 5) is 4.81. The van der Waals surface area contributed by atoms with E-state index in [0.717, 1.165) is 5.56 Å². The quantitative estimate of drug-likeness (QED) is 0.247. The van der Waals surface area contributed by atoms with Crippen LogP contribution in [0.3, 0.4) is 0 Å². The van der Waals surface area contributed by atoms with E-state index in [1.807, 2.05) is 24.3 Å². The fraction of sp³-hybridized carbons (Fsp3) is 0.0345. The van der Waals surface area contributed by atoms with Crippen LogP contribution in [0, 0.1) is 6.92 Å². The molecule has 0 saturated carbocycles. The average Bonchev–Trinajstić information content (AvgIpc) is 2.82. The van der Waals surface area contributed by atoms with Crippen molar-refractivity contribution in [1.29, 1.82) is 0 Å². The molecule has 2 nitrogen and oxygen atoms in total. The van der Waals surface area contributed by atoms with Crippen molar-refractivity contribution in [2.75, 3.05) is 0 Å². The van der Waals surface area contributed by atoms with Crippen LogP contribution in [0.1, 0.15) is 5.56 Å². The Hall–Kier alpha value is -3.88. The molecule has 6 aromatic carbocycles. The van der Waals surface area contributed by atoms with Crippen LogP contribution in [0.5, 0.6) is 5.75 Å². The zero-order valence-corrected chi connectivity index (χ0v) is 17.2. The van der Waals surface area contributed by atoms with Gasteiger partial charge in [0.15, 0.2) is 0 Å². The summed E-state index contributed by atoms with van der Waals surface area (Å²) in [6, 6.07) is 34.8. The first-order chi connectivity index (χ1) is 15.2. The van der Waals surface area contributed by atoms with Crippen molar-refractivity contribution in [3.05, 3.63) is 103 Å². The Balaban J connectivity index is 1.56. The van der Waals surface area contributed by atoms with E-state index in [-0.39, 0.29) is 0 Å². The van der Waals surface area contributed by atoms with Crippen molar-refractivity contribution in [2.24, 2.45) is 5.90 Å². The highest BCUT2D eigenvalue weighted by atomic mass is 16.6. The second-order valence-corrected chi connectivity index (χ2v) is 8.23. The summed E-state index contributed by atoms with van der Waals surface area (Å²) >= 11 is 0. The first-order valence-corrected chi connectivity index (χ1v) is 10.5. The first-order valence-electron chi connectivity index (χ1n) is 10.5. The van der Waals surface area contributed by atoms with Crippen LogP contribution in [0.2, 0.25) is 0 Å². The normalized spacial score (nSPS) is 11.5. The molecular weight excluding hydrogens is 378 g/mol. The molecule has 0 saturated heterocycles. The minimum absolute atomic E-state index is 0.658. The van der Waals surface area contributed by atoms with E-state index < -0.39 is 0 Å². The Kier molecular flexibility index (Phi) is 3.95. The van der Waals surface area contributed by atoms with Crippen LogP contribution in [-0.4, -0.2) is 0 Å². The van der Waals surface area contributed by atoms with E-state index in [4.69, 9.17) is 10.7 Å². The van der Waals surface area contributed by atoms with Gasteiger partial charge in [-0.3, -0.25) is 0 Å². The van der Waals surface area contributed by atoms with Gasteiger partial charge in [-0.25, -0.2) is 0 Å². The zero-order chi connectivity index (χ0) is 20.9. The maximum atomic E-state index is 5.26. The highest BCUT2D eigenvalue weighted by molar-refractivity contribution is 6.24. The lowest BCUT2D eigenvalue weighted by Crippen LogP contribution is -2.01. The summed E-state index contributed by atoms with van der Waals surface area (Å²) in [6.45, 7) is 2.12. The average molecular weight is 399 g/mol. The minimum atomic E-state index is 0.658. The summed E-state index contributed by atoms with van der Waals surface area (Å²) in [5.74, 6) is 5.92. The molecule has 0 atom stereocenters. The van der Waals surface area contributed by atoms with E-state index >= 15 is 0 Å². The molecule has 2 heteroatoms. The molecule has 2 N–H and O–H groups in total. The van der Waals surface area contributed by atoms with Gasteiger partial charge in [-0.1, -0.05) is 66.2 Å². The summed E-state index contributed by atoms with van der Waals surface area (Å²) in [6.07, 6.45) is 0. The molecule has 0 bridgehead atoms. The molecule has 0 aliphatic heterocycles. The van der Waals surface area contributed by atoms with Crippen LogP contribution in [-0.2, 0) is 0 Å². The number of aryl methyl sites for hydroxylation is 1. The standard InChI is InChI=1S/C29H21NO/c1-18-2-4-19(5-3-18)25-14-21-6-8-23-16-26(20-10-12-27(31-30)13-11-20)17-24-9-7-22(15-25)28(21)29(23)24/h2-17H,30H2,1H3. The van der Waals surface area contributed by atoms with E-state index in [0.29, 0.717) is 5.75 Å². The predicted molar refractivity (Wildman–Crippen MR) is 131 cm³/mol. The zero-order valence-electron chi connectivity index (χ0n) is 17.2. The maximum Gasteiger partial charge on any atom is 0.146 e. The van der Waals surface area contributed by atoms with Gasteiger partial charge >= 0.3 is 0 Å². The Labute approximate surface area is 180 Å². The fourth-order valence-corrected chi connectivity index (χ4v) is 4.64. The number of benzene rings is 6. The lowest BCUT2D eigenvalue weighted by Gasteiger charge is -2.14. The summed E-state index contributed by atoms with van der Waals surface area (Å²) in [7, 11) is 0. The molecule has 0 spiro atoms. The van der Waals surface area contributed by atoms with Crippen LogP contribution < -0.4 is 10.7 Å². The van der Waals surface area contributed by atoms with Crippen molar-refractivity contribution in [3.8, 4) is 28.0 Å². The van der Waals surface area contributed by atoms with Crippen LogP contribution in [0.25, 0.3) is 54.6 Å². The van der Waals surface area contributed by atoms with E-state index in [1.165, 1.54) is 54.6 Å². The molecule has 0 fully saturated rings. The predicted octanol–water partition coefficient (Wildman–Crippen LogP) is 7.48. The molecule has 6 rings (SSSR count). The van der Waals surface area contributed by atoms with Gasteiger partial charge < -0.3 is 4.84 Å². The Morgan fingerprint density at radius 3 is 1.26 bits per heavy atom. The van der Waals surface area contributed by atoms with E-state index in [2.05, 4.69) is 79.7 Å². The van der Waals surface area contributed by atoms with Gasteiger partial charge in [0.05, 0.1) is 0 Å². The van der Waals surface area contributed by atoms with Crippen LogP contribution in [0.4, 0.5) is 0 Å². The highest BCUT2D eigenvalue weighted by Crippen LogP contribution is 2.39. The lowest BCUT2D eigenvalue weighted by atomic mass is 9.89. The Bertz CT molecular complexity index is 1480. The van der Waals surface area contributed by atoms with Crippen LogP contribution >= 0.6 is 0 Å². The van der Waals surface area contributed by atoms with Crippen molar-refractivity contribution in [3.63, 3.8) is 0 Å². The highest BCUT2D eigenvalue weighted by Gasteiger charge is 2.12. The van der Waals surface area contributed by atoms with Gasteiger partial charge in [-0.15, -0.1) is 0 Å². The van der Waals surface area contributed by atoms with Gasteiger partial charge in [0, 0.05) is 0 Å². The second-order valence-electron chi connectivity index (χ2n) is 8.23. The first kappa shape index (κ1) is 17.9. The third kappa shape index (κ3) is 2.92. The molecule has 0 aromatic heterocycles. The Morgan fingerprint density at radius 2 is 0.871 bits per heavy atom. The largest absolute Gasteiger partial charge is 0.412 e. The van der Waals surface area contributed by atoms with Crippen molar-refractivity contribution in [1.82, 2.24) is 0 Å².